The smallest absolute Gasteiger partial charge is 0.242 e. The molecule has 0 radical (unpaired) electrons. The molecule has 6 heteroatoms. The lowest BCUT2D eigenvalue weighted by Crippen LogP contribution is -2.36. The summed E-state index contributed by atoms with van der Waals surface area (Å²) in [5, 5.41) is 0. The summed E-state index contributed by atoms with van der Waals surface area (Å²) < 4.78 is 32.9. The van der Waals surface area contributed by atoms with Crippen molar-refractivity contribution < 1.29 is 13.2 Å². The zero-order valence-corrected chi connectivity index (χ0v) is 13.2. The van der Waals surface area contributed by atoms with Gasteiger partial charge < -0.3 is 4.74 Å². The number of sulfonamides is 1. The van der Waals surface area contributed by atoms with Crippen LogP contribution in [0.5, 0.6) is 5.88 Å². The van der Waals surface area contributed by atoms with Gasteiger partial charge in [-0.05, 0) is 25.8 Å². The van der Waals surface area contributed by atoms with Gasteiger partial charge in [0.25, 0.3) is 0 Å². The van der Waals surface area contributed by atoms with Crippen molar-refractivity contribution in [1.29, 1.82) is 0 Å². The summed E-state index contributed by atoms with van der Waals surface area (Å²) in [4.78, 5) is 4.24. The highest BCUT2D eigenvalue weighted by molar-refractivity contribution is 7.89. The summed E-state index contributed by atoms with van der Waals surface area (Å²) in [7, 11) is -3.54. The Hall–Kier alpha value is -1.40. The van der Waals surface area contributed by atoms with Crippen molar-refractivity contribution in [1.82, 2.24) is 9.71 Å². The van der Waals surface area contributed by atoms with Crippen molar-refractivity contribution in [3.63, 3.8) is 0 Å². The van der Waals surface area contributed by atoms with Crippen LogP contribution >= 0.6 is 0 Å². The molecule has 116 valence electrons. The summed E-state index contributed by atoms with van der Waals surface area (Å²) in [5.41, 5.74) is 0.586. The standard InChI is InChI=1S/C15H22N2O3S/c1-3-12-10-14(11-16-15(12)20-4-2)21(18,19)17-13-8-6-5-7-9-13/h3,10-11,13,17H,1,4-9H2,2H3. The lowest BCUT2D eigenvalue weighted by Gasteiger charge is -2.22. The van der Waals surface area contributed by atoms with Gasteiger partial charge in [0.1, 0.15) is 4.90 Å². The molecule has 5 nitrogen and oxygen atoms in total. The Labute approximate surface area is 126 Å². The summed E-state index contributed by atoms with van der Waals surface area (Å²) in [5.74, 6) is 0.407. The largest absolute Gasteiger partial charge is 0.478 e. The molecule has 0 unspecified atom stereocenters. The molecule has 1 aliphatic carbocycles. The molecule has 1 heterocycles. The Balaban J connectivity index is 2.20. The maximum Gasteiger partial charge on any atom is 0.242 e. The lowest BCUT2D eigenvalue weighted by molar-refractivity contribution is 0.325. The summed E-state index contributed by atoms with van der Waals surface area (Å²) in [6, 6.07) is 1.58. The third-order valence-electron chi connectivity index (χ3n) is 3.59. The average molecular weight is 310 g/mol. The molecule has 0 atom stereocenters. The van der Waals surface area contributed by atoms with Gasteiger partial charge in [-0.25, -0.2) is 18.1 Å². The fourth-order valence-corrected chi connectivity index (χ4v) is 3.79. The van der Waals surface area contributed by atoms with Crippen LogP contribution in [0.3, 0.4) is 0 Å². The molecule has 1 saturated carbocycles. The molecule has 1 aromatic rings. The van der Waals surface area contributed by atoms with Crippen molar-refractivity contribution in [2.24, 2.45) is 0 Å². The molecule has 1 aromatic heterocycles. The molecule has 0 spiro atoms. The monoisotopic (exact) mass is 310 g/mol. The van der Waals surface area contributed by atoms with Crippen LogP contribution in [0.1, 0.15) is 44.6 Å². The molecule has 2 rings (SSSR count). The highest BCUT2D eigenvalue weighted by Crippen LogP contribution is 2.23. The highest BCUT2D eigenvalue weighted by Gasteiger charge is 2.23. The number of hydrogen-bond acceptors (Lipinski definition) is 4. The predicted molar refractivity (Wildman–Crippen MR) is 82.7 cm³/mol. The summed E-state index contributed by atoms with van der Waals surface area (Å²) in [6.45, 7) is 6.00. The molecular weight excluding hydrogens is 288 g/mol. The second kappa shape index (κ2) is 7.04. The fourth-order valence-electron chi connectivity index (χ4n) is 2.51. The molecule has 1 N–H and O–H groups in total. The molecule has 0 aromatic carbocycles. The number of rotatable bonds is 6. The number of aromatic nitrogens is 1. The Kier molecular flexibility index (Phi) is 5.36. The topological polar surface area (TPSA) is 68.3 Å². The van der Waals surface area contributed by atoms with Gasteiger partial charge in [-0.1, -0.05) is 31.9 Å². The van der Waals surface area contributed by atoms with Crippen LogP contribution in [0, 0.1) is 0 Å². The molecule has 21 heavy (non-hydrogen) atoms. The summed E-state index contributed by atoms with van der Waals surface area (Å²) >= 11 is 0. The van der Waals surface area contributed by atoms with Crippen molar-refractivity contribution in [2.45, 2.75) is 50.0 Å². The fraction of sp³-hybridized carbons (Fsp3) is 0.533. The third-order valence-corrected chi connectivity index (χ3v) is 5.08. The van der Waals surface area contributed by atoms with E-state index in [2.05, 4.69) is 16.3 Å². The van der Waals surface area contributed by atoms with Gasteiger partial charge in [0.15, 0.2) is 0 Å². The van der Waals surface area contributed by atoms with Gasteiger partial charge in [-0.3, -0.25) is 0 Å². The quantitative estimate of drug-likeness (QED) is 0.877. The first-order valence-electron chi connectivity index (χ1n) is 7.34. The van der Waals surface area contributed by atoms with E-state index in [1.807, 2.05) is 6.92 Å². The number of nitrogens with zero attached hydrogens (tertiary/aromatic N) is 1. The first kappa shape index (κ1) is 16.0. The first-order valence-corrected chi connectivity index (χ1v) is 8.82. The van der Waals surface area contributed by atoms with E-state index in [4.69, 9.17) is 4.74 Å². The van der Waals surface area contributed by atoms with Gasteiger partial charge in [-0.15, -0.1) is 0 Å². The molecule has 1 aliphatic rings. The minimum absolute atomic E-state index is 0.0301. The lowest BCUT2D eigenvalue weighted by atomic mass is 9.96. The molecule has 0 aliphatic heterocycles. The van der Waals surface area contributed by atoms with Gasteiger partial charge >= 0.3 is 0 Å². The van der Waals surface area contributed by atoms with Crippen LogP contribution in [0.15, 0.2) is 23.7 Å². The van der Waals surface area contributed by atoms with E-state index in [1.165, 1.54) is 12.6 Å². The molecule has 0 saturated heterocycles. The van der Waals surface area contributed by atoms with Gasteiger partial charge in [-0.2, -0.15) is 0 Å². The predicted octanol–water partition coefficient (Wildman–Crippen LogP) is 2.73. The Bertz CT molecular complexity index is 593. The second-order valence-corrected chi connectivity index (χ2v) is 6.87. The van der Waals surface area contributed by atoms with Crippen LogP contribution in [0.25, 0.3) is 6.08 Å². The van der Waals surface area contributed by atoms with E-state index in [9.17, 15) is 8.42 Å². The molecule has 1 fully saturated rings. The Morgan fingerprint density at radius 2 is 2.14 bits per heavy atom. The highest BCUT2D eigenvalue weighted by atomic mass is 32.2. The minimum Gasteiger partial charge on any atom is -0.478 e. The Morgan fingerprint density at radius 3 is 2.76 bits per heavy atom. The van der Waals surface area contributed by atoms with Crippen LogP contribution in [0.4, 0.5) is 0 Å². The zero-order chi connectivity index (χ0) is 15.3. The van der Waals surface area contributed by atoms with Crippen molar-refractivity contribution in [3.05, 3.63) is 24.4 Å². The second-order valence-electron chi connectivity index (χ2n) is 5.16. The number of pyridine rings is 1. The van der Waals surface area contributed by atoms with E-state index in [0.29, 0.717) is 18.1 Å². The average Bonchev–Trinajstić information content (AvgIpc) is 2.48. The summed E-state index contributed by atoms with van der Waals surface area (Å²) in [6.07, 6.45) is 8.03. The van der Waals surface area contributed by atoms with Crippen molar-refractivity contribution >= 4 is 16.1 Å². The maximum absolute atomic E-state index is 12.4. The van der Waals surface area contributed by atoms with Crippen LogP contribution < -0.4 is 9.46 Å². The number of hydrogen-bond donors (Lipinski definition) is 1. The molecule has 0 amide bonds. The minimum atomic E-state index is -3.54. The van der Waals surface area contributed by atoms with Crippen molar-refractivity contribution in [2.75, 3.05) is 6.61 Å². The van der Waals surface area contributed by atoms with E-state index in [0.717, 1.165) is 25.7 Å². The van der Waals surface area contributed by atoms with Crippen LogP contribution in [-0.2, 0) is 10.0 Å². The molecular formula is C15H22N2O3S. The zero-order valence-electron chi connectivity index (χ0n) is 12.3. The first-order chi connectivity index (χ1) is 10.1. The number of ether oxygens (including phenoxy) is 1. The van der Waals surface area contributed by atoms with Gasteiger partial charge in [0, 0.05) is 11.6 Å². The van der Waals surface area contributed by atoms with E-state index >= 15 is 0 Å². The number of nitrogens with one attached hydrogen (secondary N) is 1. The van der Waals surface area contributed by atoms with E-state index < -0.39 is 10.0 Å². The maximum atomic E-state index is 12.4. The van der Waals surface area contributed by atoms with E-state index in [-0.39, 0.29) is 10.9 Å². The molecule has 0 bridgehead atoms. The SMILES string of the molecule is C=Cc1cc(S(=O)(=O)NC2CCCCC2)cnc1OCC. The van der Waals surface area contributed by atoms with Crippen LogP contribution in [0.2, 0.25) is 0 Å². The van der Waals surface area contributed by atoms with Crippen LogP contribution in [-0.4, -0.2) is 26.1 Å². The normalized spacial score (nSPS) is 16.6. The Morgan fingerprint density at radius 1 is 1.43 bits per heavy atom. The van der Waals surface area contributed by atoms with E-state index in [1.54, 1.807) is 12.1 Å². The van der Waals surface area contributed by atoms with Gasteiger partial charge in [0.2, 0.25) is 15.9 Å². The third kappa shape index (κ3) is 4.04. The van der Waals surface area contributed by atoms with Gasteiger partial charge in [0.05, 0.1) is 12.8 Å². The van der Waals surface area contributed by atoms with Crippen molar-refractivity contribution in [3.8, 4) is 5.88 Å².